The number of hydrogen-bond acceptors (Lipinski definition) is 3. The summed E-state index contributed by atoms with van der Waals surface area (Å²) in [5.41, 5.74) is 0.642. The molecular weight excluding hydrogens is 258 g/mol. The maximum atomic E-state index is 11.5. The van der Waals surface area contributed by atoms with E-state index in [1.165, 1.54) is 7.11 Å². The van der Waals surface area contributed by atoms with Gasteiger partial charge in [0.1, 0.15) is 11.7 Å². The highest BCUT2D eigenvalue weighted by Gasteiger charge is 2.41. The van der Waals surface area contributed by atoms with Crippen LogP contribution in [0.2, 0.25) is 5.02 Å². The Hall–Kier alpha value is -1.75. The van der Waals surface area contributed by atoms with Crippen LogP contribution in [0.1, 0.15) is 11.5 Å². The summed E-state index contributed by atoms with van der Waals surface area (Å²) in [7, 11) is 1.52. The topological polar surface area (TPSA) is 75.6 Å². The smallest absolute Gasteiger partial charge is 0.316 e. The highest BCUT2D eigenvalue weighted by atomic mass is 35.5. The van der Waals surface area contributed by atoms with Crippen molar-refractivity contribution in [3.63, 3.8) is 0 Å². The number of carbonyl (C=O) groups is 2. The third kappa shape index (κ3) is 2.13. The fourth-order valence-electron chi connectivity index (χ4n) is 2.13. The summed E-state index contributed by atoms with van der Waals surface area (Å²) < 4.78 is 5.02. The quantitative estimate of drug-likeness (QED) is 0.810. The Morgan fingerprint density at radius 2 is 2.28 bits per heavy atom. The second-order valence-electron chi connectivity index (χ2n) is 4.05. The summed E-state index contributed by atoms with van der Waals surface area (Å²) in [5, 5.41) is 12.0. The van der Waals surface area contributed by atoms with E-state index in [9.17, 15) is 9.59 Å². The van der Waals surface area contributed by atoms with Crippen LogP contribution in [-0.2, 0) is 9.59 Å². The van der Waals surface area contributed by atoms with Crippen molar-refractivity contribution in [2.24, 2.45) is 5.92 Å². The van der Waals surface area contributed by atoms with Gasteiger partial charge in [0, 0.05) is 17.5 Å². The number of halogens is 1. The van der Waals surface area contributed by atoms with E-state index in [2.05, 4.69) is 5.32 Å². The van der Waals surface area contributed by atoms with Gasteiger partial charge in [-0.3, -0.25) is 9.59 Å². The van der Waals surface area contributed by atoms with Crippen LogP contribution in [0, 0.1) is 5.92 Å². The number of carbonyl (C=O) groups excluding carboxylic acids is 1. The summed E-state index contributed by atoms with van der Waals surface area (Å²) in [6.45, 7) is 0.280. The predicted molar refractivity (Wildman–Crippen MR) is 64.9 cm³/mol. The lowest BCUT2D eigenvalue weighted by atomic mass is 9.88. The Morgan fingerprint density at radius 3 is 2.83 bits per heavy atom. The predicted octanol–water partition coefficient (Wildman–Crippen LogP) is 1.26. The molecule has 5 nitrogen and oxygen atoms in total. The number of nitrogens with one attached hydrogen (secondary N) is 1. The number of ether oxygens (including phenoxy) is 1. The summed E-state index contributed by atoms with van der Waals surface area (Å²) in [6, 6.07) is 5.00. The minimum atomic E-state index is -1.14. The van der Waals surface area contributed by atoms with E-state index in [1.54, 1.807) is 18.2 Å². The fraction of sp³-hybridized carbons (Fsp3) is 0.333. The van der Waals surface area contributed by atoms with E-state index >= 15 is 0 Å². The number of aliphatic carboxylic acids is 1. The van der Waals surface area contributed by atoms with Gasteiger partial charge in [0.05, 0.1) is 7.11 Å². The molecule has 2 rings (SSSR count). The van der Waals surface area contributed by atoms with Crippen LogP contribution in [0.25, 0.3) is 0 Å². The molecule has 1 fully saturated rings. The molecule has 1 aromatic carbocycles. The van der Waals surface area contributed by atoms with Crippen LogP contribution in [0.3, 0.4) is 0 Å². The van der Waals surface area contributed by atoms with Crippen molar-refractivity contribution in [3.05, 3.63) is 28.8 Å². The van der Waals surface area contributed by atoms with Gasteiger partial charge in [-0.1, -0.05) is 17.7 Å². The highest BCUT2D eigenvalue weighted by molar-refractivity contribution is 6.31. The largest absolute Gasteiger partial charge is 0.497 e. The van der Waals surface area contributed by atoms with Crippen LogP contribution in [0.5, 0.6) is 5.75 Å². The van der Waals surface area contributed by atoms with Gasteiger partial charge in [0.15, 0.2) is 0 Å². The van der Waals surface area contributed by atoms with Gasteiger partial charge in [-0.15, -0.1) is 0 Å². The number of methoxy groups -OCH3 is 1. The third-order valence-corrected chi connectivity index (χ3v) is 3.38. The molecule has 2 unspecified atom stereocenters. The van der Waals surface area contributed by atoms with E-state index < -0.39 is 23.7 Å². The molecule has 0 aromatic heterocycles. The molecule has 2 atom stereocenters. The molecular formula is C12H12ClNO4. The molecule has 18 heavy (non-hydrogen) atoms. The average molecular weight is 270 g/mol. The van der Waals surface area contributed by atoms with Gasteiger partial charge in [-0.05, 0) is 17.7 Å². The number of carboxylic acids is 1. The Bertz CT molecular complexity index is 503. The molecule has 1 aliphatic heterocycles. The molecule has 0 spiro atoms. The van der Waals surface area contributed by atoms with Gasteiger partial charge < -0.3 is 15.2 Å². The number of hydrogen-bond donors (Lipinski definition) is 2. The Morgan fingerprint density at radius 1 is 1.56 bits per heavy atom. The number of benzene rings is 1. The molecule has 1 aromatic rings. The SMILES string of the molecule is COc1ccc(C2CNC(=O)C2C(=O)O)c(Cl)c1. The second-order valence-corrected chi connectivity index (χ2v) is 4.46. The van der Waals surface area contributed by atoms with Crippen molar-refractivity contribution in [2.45, 2.75) is 5.92 Å². The van der Waals surface area contributed by atoms with E-state index in [4.69, 9.17) is 21.4 Å². The van der Waals surface area contributed by atoms with E-state index in [-0.39, 0.29) is 6.54 Å². The highest BCUT2D eigenvalue weighted by Crippen LogP contribution is 2.35. The summed E-state index contributed by atoms with van der Waals surface area (Å²) in [6.07, 6.45) is 0. The summed E-state index contributed by atoms with van der Waals surface area (Å²) in [4.78, 5) is 22.6. The van der Waals surface area contributed by atoms with Crippen LogP contribution in [0.4, 0.5) is 0 Å². The lowest BCUT2D eigenvalue weighted by Crippen LogP contribution is -2.26. The first-order valence-corrected chi connectivity index (χ1v) is 5.76. The maximum absolute atomic E-state index is 11.5. The maximum Gasteiger partial charge on any atom is 0.316 e. The zero-order chi connectivity index (χ0) is 13.3. The van der Waals surface area contributed by atoms with Gasteiger partial charge in [-0.25, -0.2) is 0 Å². The van der Waals surface area contributed by atoms with Gasteiger partial charge >= 0.3 is 5.97 Å². The summed E-state index contributed by atoms with van der Waals surface area (Å²) in [5.74, 6) is -2.56. The average Bonchev–Trinajstić information content (AvgIpc) is 2.70. The minimum absolute atomic E-state index is 0.280. The van der Waals surface area contributed by atoms with Crippen LogP contribution in [-0.4, -0.2) is 30.6 Å². The molecule has 0 bridgehead atoms. The molecule has 0 aliphatic carbocycles. The molecule has 0 saturated carbocycles. The molecule has 6 heteroatoms. The zero-order valence-corrected chi connectivity index (χ0v) is 10.4. The van der Waals surface area contributed by atoms with Gasteiger partial charge in [0.2, 0.25) is 5.91 Å². The monoisotopic (exact) mass is 269 g/mol. The lowest BCUT2D eigenvalue weighted by molar-refractivity contribution is -0.145. The van der Waals surface area contributed by atoms with Crippen molar-refractivity contribution >= 4 is 23.5 Å². The van der Waals surface area contributed by atoms with E-state index in [0.29, 0.717) is 16.3 Å². The number of carboxylic acid groups (broad SMARTS) is 1. The molecule has 1 aliphatic rings. The Labute approximate surface area is 109 Å². The first-order chi connectivity index (χ1) is 8.54. The normalized spacial score (nSPS) is 22.7. The molecule has 2 N–H and O–H groups in total. The molecule has 96 valence electrons. The van der Waals surface area contributed by atoms with Crippen LogP contribution < -0.4 is 10.1 Å². The number of rotatable bonds is 3. The molecule has 0 radical (unpaired) electrons. The van der Waals surface area contributed by atoms with Crippen LogP contribution >= 0.6 is 11.6 Å². The van der Waals surface area contributed by atoms with E-state index in [0.717, 1.165) is 0 Å². The van der Waals surface area contributed by atoms with E-state index in [1.807, 2.05) is 0 Å². The second kappa shape index (κ2) is 4.86. The summed E-state index contributed by atoms with van der Waals surface area (Å²) >= 11 is 6.09. The van der Waals surface area contributed by atoms with Crippen molar-refractivity contribution in [1.82, 2.24) is 5.32 Å². The Balaban J connectivity index is 2.36. The fourth-order valence-corrected chi connectivity index (χ4v) is 2.44. The first-order valence-electron chi connectivity index (χ1n) is 5.38. The molecule has 1 heterocycles. The van der Waals surface area contributed by atoms with Gasteiger partial charge in [-0.2, -0.15) is 0 Å². The standard InChI is InChI=1S/C12H12ClNO4/c1-18-6-2-3-7(9(13)4-6)8-5-14-11(15)10(8)12(16)17/h2-4,8,10H,5H2,1H3,(H,14,15)(H,16,17). The van der Waals surface area contributed by atoms with Gasteiger partial charge in [0.25, 0.3) is 0 Å². The van der Waals surface area contributed by atoms with Crippen molar-refractivity contribution < 1.29 is 19.4 Å². The number of amides is 1. The lowest BCUT2D eigenvalue weighted by Gasteiger charge is -2.15. The van der Waals surface area contributed by atoms with Crippen LogP contribution in [0.15, 0.2) is 18.2 Å². The molecule has 1 amide bonds. The van der Waals surface area contributed by atoms with Crippen molar-refractivity contribution in [2.75, 3.05) is 13.7 Å². The van der Waals surface area contributed by atoms with Crippen molar-refractivity contribution in [3.8, 4) is 5.75 Å². The third-order valence-electron chi connectivity index (χ3n) is 3.05. The first kappa shape index (κ1) is 12.7. The minimum Gasteiger partial charge on any atom is -0.497 e. The zero-order valence-electron chi connectivity index (χ0n) is 9.64. The molecule has 1 saturated heterocycles. The van der Waals surface area contributed by atoms with Crippen molar-refractivity contribution in [1.29, 1.82) is 0 Å². The Kier molecular flexibility index (Phi) is 3.43.